The van der Waals surface area contributed by atoms with Gasteiger partial charge in [0.25, 0.3) is 0 Å². The molecular weight excluding hydrogens is 218 g/mol. The lowest BCUT2D eigenvalue weighted by molar-refractivity contribution is 0.220. The van der Waals surface area contributed by atoms with Gasteiger partial charge in [0.15, 0.2) is 0 Å². The van der Waals surface area contributed by atoms with Crippen molar-refractivity contribution < 1.29 is 5.11 Å². The van der Waals surface area contributed by atoms with Crippen molar-refractivity contribution in [2.75, 3.05) is 12.3 Å². The van der Waals surface area contributed by atoms with E-state index >= 15 is 0 Å². The molecule has 2 N–H and O–H groups in total. The molecule has 2 atom stereocenters. The van der Waals surface area contributed by atoms with Crippen LogP contribution in [0.2, 0.25) is 0 Å². The van der Waals surface area contributed by atoms with Crippen molar-refractivity contribution in [3.8, 4) is 0 Å². The zero-order chi connectivity index (χ0) is 12.0. The lowest BCUT2D eigenvalue weighted by Gasteiger charge is -2.13. The maximum absolute atomic E-state index is 9.20. The smallest absolute Gasteiger partial charge is 0.0606 e. The molecule has 0 aliphatic carbocycles. The molecule has 2 unspecified atom stereocenters. The van der Waals surface area contributed by atoms with Crippen molar-refractivity contribution >= 4 is 11.8 Å². The van der Waals surface area contributed by atoms with Crippen LogP contribution in [0.1, 0.15) is 32.4 Å². The minimum Gasteiger partial charge on any atom is -0.393 e. The van der Waals surface area contributed by atoms with Crippen LogP contribution in [0.5, 0.6) is 0 Å². The largest absolute Gasteiger partial charge is 0.393 e. The Kier molecular flexibility index (Phi) is 5.88. The summed E-state index contributed by atoms with van der Waals surface area (Å²) in [5, 5.41) is 12.6. The number of rotatable bonds is 6. The van der Waals surface area contributed by atoms with E-state index in [0.717, 1.165) is 12.3 Å². The van der Waals surface area contributed by atoms with E-state index in [2.05, 4.69) is 43.4 Å². The molecule has 90 valence electrons. The number of thioether (sulfide) groups is 1. The second kappa shape index (κ2) is 6.94. The molecule has 0 heterocycles. The van der Waals surface area contributed by atoms with E-state index in [4.69, 9.17) is 0 Å². The van der Waals surface area contributed by atoms with Gasteiger partial charge in [-0.15, -0.1) is 11.8 Å². The third kappa shape index (κ3) is 4.56. The Hall–Kier alpha value is -0.510. The van der Waals surface area contributed by atoms with Gasteiger partial charge in [-0.05, 0) is 38.1 Å². The van der Waals surface area contributed by atoms with Gasteiger partial charge >= 0.3 is 0 Å². The molecular formula is C13H21NOS. The summed E-state index contributed by atoms with van der Waals surface area (Å²) >= 11 is 1.69. The van der Waals surface area contributed by atoms with E-state index in [0.29, 0.717) is 6.04 Å². The predicted molar refractivity (Wildman–Crippen MR) is 70.9 cm³/mol. The van der Waals surface area contributed by atoms with Gasteiger partial charge in [0, 0.05) is 16.7 Å². The maximum Gasteiger partial charge on any atom is 0.0606 e. The first-order chi connectivity index (χ1) is 7.63. The van der Waals surface area contributed by atoms with Crippen LogP contribution in [0.3, 0.4) is 0 Å². The highest BCUT2D eigenvalue weighted by Gasteiger charge is 2.03. The minimum atomic E-state index is -0.245. The quantitative estimate of drug-likeness (QED) is 0.749. The third-order valence-electron chi connectivity index (χ3n) is 2.38. The first-order valence-electron chi connectivity index (χ1n) is 5.77. The Balaban J connectivity index is 2.53. The maximum atomic E-state index is 9.20. The topological polar surface area (TPSA) is 32.3 Å². The summed E-state index contributed by atoms with van der Waals surface area (Å²) in [6.07, 6.45) is -0.245. The van der Waals surface area contributed by atoms with Crippen LogP contribution in [0.4, 0.5) is 0 Å². The number of hydrogen-bond acceptors (Lipinski definition) is 3. The third-order valence-corrected chi connectivity index (χ3v) is 3.64. The molecule has 16 heavy (non-hydrogen) atoms. The monoisotopic (exact) mass is 239 g/mol. The molecule has 0 radical (unpaired) electrons. The van der Waals surface area contributed by atoms with Gasteiger partial charge in [-0.1, -0.05) is 19.1 Å². The summed E-state index contributed by atoms with van der Waals surface area (Å²) in [5.41, 5.74) is 1.31. The standard InChI is InChI=1S/C13H21NOS/c1-4-14-11(3)12-5-7-13(8-6-12)16-9-10(2)15/h5-8,10-11,14-15H,4,9H2,1-3H3. The van der Waals surface area contributed by atoms with Crippen molar-refractivity contribution in [2.24, 2.45) is 0 Å². The molecule has 0 amide bonds. The van der Waals surface area contributed by atoms with E-state index in [-0.39, 0.29) is 6.10 Å². The van der Waals surface area contributed by atoms with Crippen LogP contribution in [0.25, 0.3) is 0 Å². The van der Waals surface area contributed by atoms with Gasteiger partial charge in [0.2, 0.25) is 0 Å². The second-order valence-electron chi connectivity index (χ2n) is 4.01. The Labute approximate surface area is 102 Å². The Morgan fingerprint density at radius 1 is 1.25 bits per heavy atom. The molecule has 0 aromatic heterocycles. The lowest BCUT2D eigenvalue weighted by Crippen LogP contribution is -2.17. The summed E-state index contributed by atoms with van der Waals surface area (Å²) in [7, 11) is 0. The highest BCUT2D eigenvalue weighted by molar-refractivity contribution is 7.99. The van der Waals surface area contributed by atoms with Crippen LogP contribution in [0.15, 0.2) is 29.2 Å². The number of hydrogen-bond donors (Lipinski definition) is 2. The summed E-state index contributed by atoms with van der Waals surface area (Å²) in [6.45, 7) is 7.08. The van der Waals surface area contributed by atoms with Gasteiger partial charge in [-0.3, -0.25) is 0 Å². The summed E-state index contributed by atoms with van der Waals surface area (Å²) < 4.78 is 0. The number of benzene rings is 1. The van der Waals surface area contributed by atoms with E-state index in [1.54, 1.807) is 11.8 Å². The highest BCUT2D eigenvalue weighted by Crippen LogP contribution is 2.21. The molecule has 0 aliphatic rings. The summed E-state index contributed by atoms with van der Waals surface area (Å²) in [4.78, 5) is 1.22. The van der Waals surface area contributed by atoms with E-state index in [9.17, 15) is 5.11 Å². The molecule has 0 spiro atoms. The van der Waals surface area contributed by atoms with Crippen LogP contribution in [-0.2, 0) is 0 Å². The van der Waals surface area contributed by atoms with E-state index in [1.165, 1.54) is 10.5 Å². The van der Waals surface area contributed by atoms with Crippen LogP contribution >= 0.6 is 11.8 Å². The molecule has 0 aliphatic heterocycles. The van der Waals surface area contributed by atoms with Crippen molar-refractivity contribution in [3.63, 3.8) is 0 Å². The van der Waals surface area contributed by atoms with Crippen molar-refractivity contribution in [1.82, 2.24) is 5.32 Å². The first-order valence-corrected chi connectivity index (χ1v) is 6.76. The zero-order valence-corrected chi connectivity index (χ0v) is 11.1. The van der Waals surface area contributed by atoms with E-state index in [1.807, 2.05) is 6.92 Å². The summed E-state index contributed by atoms with van der Waals surface area (Å²) in [6, 6.07) is 8.95. The lowest BCUT2D eigenvalue weighted by atomic mass is 10.1. The van der Waals surface area contributed by atoms with E-state index < -0.39 is 0 Å². The molecule has 1 rings (SSSR count). The van der Waals surface area contributed by atoms with Crippen molar-refractivity contribution in [1.29, 1.82) is 0 Å². The molecule has 2 nitrogen and oxygen atoms in total. The van der Waals surface area contributed by atoms with Crippen LogP contribution in [-0.4, -0.2) is 23.5 Å². The van der Waals surface area contributed by atoms with Gasteiger partial charge in [0.1, 0.15) is 0 Å². The van der Waals surface area contributed by atoms with Gasteiger partial charge in [-0.25, -0.2) is 0 Å². The SMILES string of the molecule is CCNC(C)c1ccc(SCC(C)O)cc1. The van der Waals surface area contributed by atoms with Gasteiger partial charge < -0.3 is 10.4 Å². The Bertz CT molecular complexity index is 297. The fourth-order valence-corrected chi connectivity index (χ4v) is 2.26. The molecule has 0 fully saturated rings. The average Bonchev–Trinajstić information content (AvgIpc) is 2.27. The number of aliphatic hydroxyl groups is 1. The Morgan fingerprint density at radius 2 is 1.88 bits per heavy atom. The predicted octanol–water partition coefficient (Wildman–Crippen LogP) is 2.83. The zero-order valence-electron chi connectivity index (χ0n) is 10.2. The van der Waals surface area contributed by atoms with Crippen molar-refractivity contribution in [2.45, 2.75) is 37.8 Å². The van der Waals surface area contributed by atoms with Crippen LogP contribution in [0, 0.1) is 0 Å². The number of aliphatic hydroxyl groups excluding tert-OH is 1. The fourth-order valence-electron chi connectivity index (χ4n) is 1.49. The fraction of sp³-hybridized carbons (Fsp3) is 0.538. The minimum absolute atomic E-state index is 0.245. The highest BCUT2D eigenvalue weighted by atomic mass is 32.2. The molecule has 0 bridgehead atoms. The molecule has 0 saturated carbocycles. The average molecular weight is 239 g/mol. The second-order valence-corrected chi connectivity index (χ2v) is 5.10. The molecule has 1 aromatic rings. The summed E-state index contributed by atoms with van der Waals surface area (Å²) in [5.74, 6) is 0.752. The Morgan fingerprint density at radius 3 is 2.38 bits per heavy atom. The normalized spacial score (nSPS) is 14.8. The first kappa shape index (κ1) is 13.6. The van der Waals surface area contributed by atoms with Crippen molar-refractivity contribution in [3.05, 3.63) is 29.8 Å². The molecule has 0 saturated heterocycles. The van der Waals surface area contributed by atoms with Crippen LogP contribution < -0.4 is 5.32 Å². The van der Waals surface area contributed by atoms with Gasteiger partial charge in [-0.2, -0.15) is 0 Å². The number of nitrogens with one attached hydrogen (secondary N) is 1. The van der Waals surface area contributed by atoms with Gasteiger partial charge in [0.05, 0.1) is 6.10 Å². The molecule has 3 heteroatoms. The molecule has 1 aromatic carbocycles.